The maximum Gasteiger partial charge on any atom is 0.305 e. The number of hydrogen-bond acceptors (Lipinski definition) is 4. The second-order valence-corrected chi connectivity index (χ2v) is 8.32. The Kier molecular flexibility index (Phi) is 25.0. The second-order valence-electron chi connectivity index (χ2n) is 8.32. The van der Waals surface area contributed by atoms with E-state index < -0.39 is 24.1 Å². The SMILES string of the molecule is CCCCCCCCCC(O)CC(=O)O.CCCCCCCCCC(O)CC(=O)O. The Hall–Kier alpha value is -1.14. The van der Waals surface area contributed by atoms with Gasteiger partial charge in [0.1, 0.15) is 0 Å². The highest BCUT2D eigenvalue weighted by molar-refractivity contribution is 5.67. The van der Waals surface area contributed by atoms with Crippen LogP contribution in [-0.2, 0) is 9.59 Å². The normalized spacial score (nSPS) is 12.7. The van der Waals surface area contributed by atoms with Gasteiger partial charge in [0.05, 0.1) is 25.0 Å². The van der Waals surface area contributed by atoms with Crippen molar-refractivity contribution in [1.29, 1.82) is 0 Å². The van der Waals surface area contributed by atoms with Gasteiger partial charge in [0.2, 0.25) is 0 Å². The van der Waals surface area contributed by atoms with Gasteiger partial charge in [0.15, 0.2) is 0 Å². The summed E-state index contributed by atoms with van der Waals surface area (Å²) in [7, 11) is 0. The molecule has 4 N–H and O–H groups in total. The lowest BCUT2D eigenvalue weighted by Crippen LogP contribution is -2.12. The highest BCUT2D eigenvalue weighted by atomic mass is 16.4. The third-order valence-corrected chi connectivity index (χ3v) is 5.10. The second kappa shape index (κ2) is 24.1. The van der Waals surface area contributed by atoms with Gasteiger partial charge >= 0.3 is 11.9 Å². The van der Waals surface area contributed by atoms with E-state index in [4.69, 9.17) is 10.2 Å². The molecule has 0 saturated heterocycles. The average Bonchev–Trinajstić information content (AvgIpc) is 2.66. The van der Waals surface area contributed by atoms with E-state index in [-0.39, 0.29) is 12.8 Å². The minimum atomic E-state index is -0.912. The quantitative estimate of drug-likeness (QED) is 0.177. The summed E-state index contributed by atoms with van der Waals surface area (Å²) in [6.45, 7) is 4.39. The molecule has 0 radical (unpaired) electrons. The number of carbonyl (C=O) groups is 2. The average molecular weight is 433 g/mol. The fourth-order valence-corrected chi connectivity index (χ4v) is 3.28. The first-order valence-electron chi connectivity index (χ1n) is 12.1. The van der Waals surface area contributed by atoms with E-state index in [1.165, 1.54) is 64.2 Å². The summed E-state index contributed by atoms with van der Waals surface area (Å²) in [6, 6.07) is 0. The van der Waals surface area contributed by atoms with Crippen LogP contribution in [0.2, 0.25) is 0 Å². The molecule has 0 saturated carbocycles. The summed E-state index contributed by atoms with van der Waals surface area (Å²) < 4.78 is 0. The standard InChI is InChI=1S/2C12H24O3/c2*1-2-3-4-5-6-7-8-9-11(13)10-12(14)15/h2*11,13H,2-10H2,1H3,(H,14,15). The van der Waals surface area contributed by atoms with E-state index in [1.54, 1.807) is 0 Å². The molecule has 0 fully saturated rings. The van der Waals surface area contributed by atoms with Gasteiger partial charge in [-0.3, -0.25) is 9.59 Å². The summed E-state index contributed by atoms with van der Waals surface area (Å²) in [5.41, 5.74) is 0. The van der Waals surface area contributed by atoms with Crippen LogP contribution in [0, 0.1) is 0 Å². The molecular formula is C24H48O6. The molecule has 0 heterocycles. The van der Waals surface area contributed by atoms with E-state index in [0.717, 1.165) is 25.7 Å². The minimum absolute atomic E-state index is 0.115. The Balaban J connectivity index is 0. The fourth-order valence-electron chi connectivity index (χ4n) is 3.28. The summed E-state index contributed by atoms with van der Waals surface area (Å²) in [5.74, 6) is -1.82. The molecule has 0 aliphatic carbocycles. The van der Waals surface area contributed by atoms with Gasteiger partial charge in [0.25, 0.3) is 0 Å². The van der Waals surface area contributed by atoms with Gasteiger partial charge in [-0.1, -0.05) is 104 Å². The lowest BCUT2D eigenvalue weighted by atomic mass is 10.1. The predicted octanol–water partition coefficient (Wildman–Crippen LogP) is 5.93. The Labute approximate surface area is 184 Å². The lowest BCUT2D eigenvalue weighted by Gasteiger charge is -2.07. The Morgan fingerprint density at radius 3 is 1.07 bits per heavy atom. The summed E-state index contributed by atoms with van der Waals surface area (Å²) >= 11 is 0. The van der Waals surface area contributed by atoms with Crippen LogP contribution < -0.4 is 0 Å². The molecule has 0 spiro atoms. The van der Waals surface area contributed by atoms with Crippen LogP contribution in [0.4, 0.5) is 0 Å². The minimum Gasteiger partial charge on any atom is -0.481 e. The van der Waals surface area contributed by atoms with Gasteiger partial charge in [-0.2, -0.15) is 0 Å². The van der Waals surface area contributed by atoms with Crippen LogP contribution in [0.1, 0.15) is 129 Å². The number of unbranched alkanes of at least 4 members (excludes halogenated alkanes) is 12. The zero-order valence-corrected chi connectivity index (χ0v) is 19.5. The van der Waals surface area contributed by atoms with Gasteiger partial charge in [-0.05, 0) is 12.8 Å². The molecule has 6 nitrogen and oxygen atoms in total. The van der Waals surface area contributed by atoms with E-state index in [9.17, 15) is 19.8 Å². The van der Waals surface area contributed by atoms with Crippen LogP contribution >= 0.6 is 0 Å². The Morgan fingerprint density at radius 2 is 0.800 bits per heavy atom. The largest absolute Gasteiger partial charge is 0.481 e. The summed E-state index contributed by atoms with van der Waals surface area (Å²) in [5, 5.41) is 35.4. The van der Waals surface area contributed by atoms with Gasteiger partial charge in [0, 0.05) is 0 Å². The lowest BCUT2D eigenvalue weighted by molar-refractivity contribution is -0.140. The molecule has 0 rings (SSSR count). The van der Waals surface area contributed by atoms with Crippen LogP contribution in [0.3, 0.4) is 0 Å². The van der Waals surface area contributed by atoms with Crippen molar-refractivity contribution in [3.63, 3.8) is 0 Å². The van der Waals surface area contributed by atoms with Crippen LogP contribution in [0.15, 0.2) is 0 Å². The van der Waals surface area contributed by atoms with Crippen molar-refractivity contribution in [3.05, 3.63) is 0 Å². The zero-order valence-electron chi connectivity index (χ0n) is 19.5. The molecule has 2 atom stereocenters. The highest BCUT2D eigenvalue weighted by Gasteiger charge is 2.09. The number of aliphatic hydroxyl groups is 2. The van der Waals surface area contributed by atoms with E-state index in [0.29, 0.717) is 12.8 Å². The third-order valence-electron chi connectivity index (χ3n) is 5.10. The number of hydrogen-bond donors (Lipinski definition) is 4. The highest BCUT2D eigenvalue weighted by Crippen LogP contribution is 2.12. The maximum absolute atomic E-state index is 10.3. The zero-order chi connectivity index (χ0) is 23.0. The van der Waals surface area contributed by atoms with E-state index in [1.807, 2.05) is 0 Å². The van der Waals surface area contributed by atoms with Crippen LogP contribution in [0.25, 0.3) is 0 Å². The van der Waals surface area contributed by atoms with Gasteiger partial charge in [-0.15, -0.1) is 0 Å². The summed E-state index contributed by atoms with van der Waals surface area (Å²) in [4.78, 5) is 20.5. The molecule has 0 aromatic rings. The molecule has 180 valence electrons. The van der Waals surface area contributed by atoms with Gasteiger partial charge in [-0.25, -0.2) is 0 Å². The molecule has 0 aromatic heterocycles. The number of carboxylic acids is 2. The van der Waals surface area contributed by atoms with Crippen molar-refractivity contribution >= 4 is 11.9 Å². The van der Waals surface area contributed by atoms with Crippen molar-refractivity contribution in [1.82, 2.24) is 0 Å². The Bertz CT molecular complexity index is 350. The van der Waals surface area contributed by atoms with Crippen LogP contribution in [-0.4, -0.2) is 44.6 Å². The number of carboxylic acid groups (broad SMARTS) is 2. The van der Waals surface area contributed by atoms with E-state index >= 15 is 0 Å². The van der Waals surface area contributed by atoms with Crippen molar-refractivity contribution in [2.45, 2.75) is 142 Å². The molecule has 0 aliphatic heterocycles. The number of aliphatic hydroxyl groups excluding tert-OH is 2. The monoisotopic (exact) mass is 432 g/mol. The molecule has 0 aromatic carbocycles. The van der Waals surface area contributed by atoms with Crippen molar-refractivity contribution < 1.29 is 30.0 Å². The van der Waals surface area contributed by atoms with Crippen molar-refractivity contribution in [3.8, 4) is 0 Å². The molecule has 6 heteroatoms. The Morgan fingerprint density at radius 1 is 0.533 bits per heavy atom. The van der Waals surface area contributed by atoms with Crippen LogP contribution in [0.5, 0.6) is 0 Å². The maximum atomic E-state index is 10.3. The first kappa shape index (κ1) is 31.0. The van der Waals surface area contributed by atoms with Gasteiger partial charge < -0.3 is 20.4 Å². The topological polar surface area (TPSA) is 115 Å². The van der Waals surface area contributed by atoms with E-state index in [2.05, 4.69) is 13.8 Å². The molecular weight excluding hydrogens is 384 g/mol. The third kappa shape index (κ3) is 29.1. The molecule has 0 bridgehead atoms. The molecule has 0 aliphatic rings. The number of rotatable bonds is 20. The molecule has 2 unspecified atom stereocenters. The van der Waals surface area contributed by atoms with Crippen molar-refractivity contribution in [2.24, 2.45) is 0 Å². The smallest absolute Gasteiger partial charge is 0.305 e. The molecule has 30 heavy (non-hydrogen) atoms. The van der Waals surface area contributed by atoms with Crippen molar-refractivity contribution in [2.75, 3.05) is 0 Å². The first-order valence-corrected chi connectivity index (χ1v) is 12.1. The number of aliphatic carboxylic acids is 2. The molecule has 0 amide bonds. The fraction of sp³-hybridized carbons (Fsp3) is 0.917. The first-order chi connectivity index (χ1) is 14.3. The summed E-state index contributed by atoms with van der Waals surface area (Å²) in [6.07, 6.45) is 16.5. The predicted molar refractivity (Wildman–Crippen MR) is 122 cm³/mol.